The van der Waals surface area contributed by atoms with Gasteiger partial charge in [0.05, 0.1) is 7.11 Å². The lowest BCUT2D eigenvalue weighted by Gasteiger charge is -2.25. The van der Waals surface area contributed by atoms with E-state index in [0.29, 0.717) is 0 Å². The van der Waals surface area contributed by atoms with Crippen molar-refractivity contribution < 1.29 is 4.74 Å². The Bertz CT molecular complexity index is 368. The average molecular weight is 260 g/mol. The van der Waals surface area contributed by atoms with Gasteiger partial charge in [-0.1, -0.05) is 11.6 Å². The van der Waals surface area contributed by atoms with Crippen molar-refractivity contribution in [3.63, 3.8) is 0 Å². The van der Waals surface area contributed by atoms with Gasteiger partial charge >= 0.3 is 0 Å². The molecule has 1 atom stereocenters. The SMILES string of the molecule is COc1cc(C)c(Cl)cc1C(CS)N(C)C. The van der Waals surface area contributed by atoms with Gasteiger partial charge in [0.2, 0.25) is 0 Å². The van der Waals surface area contributed by atoms with E-state index in [1.165, 1.54) is 0 Å². The Labute approximate surface area is 108 Å². The van der Waals surface area contributed by atoms with Gasteiger partial charge in [0.15, 0.2) is 0 Å². The largest absolute Gasteiger partial charge is 0.496 e. The van der Waals surface area contributed by atoms with Gasteiger partial charge in [0.1, 0.15) is 5.75 Å². The number of aryl methyl sites for hydroxylation is 1. The lowest BCUT2D eigenvalue weighted by Crippen LogP contribution is -2.22. The monoisotopic (exact) mass is 259 g/mol. The van der Waals surface area contributed by atoms with Crippen LogP contribution in [-0.4, -0.2) is 31.9 Å². The highest BCUT2D eigenvalue weighted by Gasteiger charge is 2.18. The van der Waals surface area contributed by atoms with Crippen LogP contribution in [0.5, 0.6) is 5.75 Å². The van der Waals surface area contributed by atoms with Gasteiger partial charge in [-0.2, -0.15) is 12.6 Å². The van der Waals surface area contributed by atoms with Gasteiger partial charge < -0.3 is 9.64 Å². The summed E-state index contributed by atoms with van der Waals surface area (Å²) in [5.41, 5.74) is 2.11. The molecular weight excluding hydrogens is 242 g/mol. The molecule has 90 valence electrons. The van der Waals surface area contributed by atoms with Crippen LogP contribution in [0.15, 0.2) is 12.1 Å². The molecule has 16 heavy (non-hydrogen) atoms. The highest BCUT2D eigenvalue weighted by molar-refractivity contribution is 7.80. The quantitative estimate of drug-likeness (QED) is 0.834. The molecule has 0 aliphatic carbocycles. The average Bonchev–Trinajstić information content (AvgIpc) is 2.23. The topological polar surface area (TPSA) is 12.5 Å². The molecule has 0 heterocycles. The Kier molecular flexibility index (Phi) is 4.96. The van der Waals surface area contributed by atoms with E-state index in [4.69, 9.17) is 16.3 Å². The van der Waals surface area contributed by atoms with Gasteiger partial charge in [-0.25, -0.2) is 0 Å². The number of methoxy groups -OCH3 is 1. The maximum Gasteiger partial charge on any atom is 0.124 e. The Morgan fingerprint density at radius 1 is 1.44 bits per heavy atom. The van der Waals surface area contributed by atoms with Crippen LogP contribution in [0.25, 0.3) is 0 Å². The lowest BCUT2D eigenvalue weighted by molar-refractivity contribution is 0.313. The second-order valence-corrected chi connectivity index (χ2v) is 4.78. The van der Waals surface area contributed by atoms with Crippen molar-refractivity contribution >= 4 is 24.2 Å². The Hall–Kier alpha value is -0.380. The fourth-order valence-electron chi connectivity index (χ4n) is 1.65. The number of nitrogens with zero attached hydrogens (tertiary/aromatic N) is 1. The van der Waals surface area contributed by atoms with Crippen molar-refractivity contribution in [3.05, 3.63) is 28.3 Å². The van der Waals surface area contributed by atoms with Crippen molar-refractivity contribution in [2.45, 2.75) is 13.0 Å². The molecule has 0 saturated carbocycles. The highest BCUT2D eigenvalue weighted by Crippen LogP contribution is 2.33. The minimum atomic E-state index is 0.205. The summed E-state index contributed by atoms with van der Waals surface area (Å²) in [6.07, 6.45) is 0. The van der Waals surface area contributed by atoms with Gasteiger partial charge in [-0.05, 0) is 38.7 Å². The van der Waals surface area contributed by atoms with Crippen molar-refractivity contribution in [3.8, 4) is 5.75 Å². The van der Waals surface area contributed by atoms with E-state index in [-0.39, 0.29) is 6.04 Å². The molecule has 0 saturated heterocycles. The fraction of sp³-hybridized carbons (Fsp3) is 0.500. The third kappa shape index (κ3) is 2.84. The number of thiol groups is 1. The summed E-state index contributed by atoms with van der Waals surface area (Å²) in [6, 6.07) is 4.14. The molecule has 0 fully saturated rings. The number of hydrogen-bond donors (Lipinski definition) is 1. The first-order valence-corrected chi connectivity index (χ1v) is 6.13. The van der Waals surface area contributed by atoms with Gasteiger partial charge in [-0.15, -0.1) is 0 Å². The Morgan fingerprint density at radius 2 is 2.06 bits per heavy atom. The third-order valence-electron chi connectivity index (χ3n) is 2.67. The van der Waals surface area contributed by atoms with Crippen molar-refractivity contribution in [1.82, 2.24) is 4.90 Å². The number of halogens is 1. The predicted octanol–water partition coefficient (Wildman–Crippen LogP) is 3.19. The first kappa shape index (κ1) is 13.7. The first-order valence-electron chi connectivity index (χ1n) is 5.12. The van der Waals surface area contributed by atoms with E-state index < -0.39 is 0 Å². The second kappa shape index (κ2) is 5.80. The lowest BCUT2D eigenvalue weighted by atomic mass is 10.0. The van der Waals surface area contributed by atoms with Crippen LogP contribution in [0, 0.1) is 6.92 Å². The smallest absolute Gasteiger partial charge is 0.124 e. The maximum absolute atomic E-state index is 6.15. The molecule has 2 nitrogen and oxygen atoms in total. The van der Waals surface area contributed by atoms with Crippen LogP contribution in [0.3, 0.4) is 0 Å². The van der Waals surface area contributed by atoms with Crippen LogP contribution < -0.4 is 4.74 Å². The van der Waals surface area contributed by atoms with Crippen molar-refractivity contribution in [1.29, 1.82) is 0 Å². The summed E-state index contributed by atoms with van der Waals surface area (Å²) in [4.78, 5) is 2.11. The number of benzene rings is 1. The standard InChI is InChI=1S/C12H18ClNOS/c1-8-5-12(15-4)9(6-10(8)13)11(7-16)14(2)3/h5-6,11,16H,7H2,1-4H3. The van der Waals surface area contributed by atoms with E-state index >= 15 is 0 Å². The van der Waals surface area contributed by atoms with Crippen LogP contribution in [-0.2, 0) is 0 Å². The van der Waals surface area contributed by atoms with Gasteiger partial charge in [0.25, 0.3) is 0 Å². The van der Waals surface area contributed by atoms with E-state index in [0.717, 1.165) is 27.7 Å². The zero-order valence-electron chi connectivity index (χ0n) is 10.1. The van der Waals surface area contributed by atoms with E-state index in [1.54, 1.807) is 7.11 Å². The van der Waals surface area contributed by atoms with Crippen LogP contribution in [0.2, 0.25) is 5.02 Å². The van der Waals surface area contributed by atoms with Crippen molar-refractivity contribution in [2.24, 2.45) is 0 Å². The summed E-state index contributed by atoms with van der Waals surface area (Å²) < 4.78 is 5.39. The summed E-state index contributed by atoms with van der Waals surface area (Å²) in [6.45, 7) is 1.97. The normalized spacial score (nSPS) is 12.9. The predicted molar refractivity (Wildman–Crippen MR) is 73.0 cm³/mol. The van der Waals surface area contributed by atoms with E-state index in [2.05, 4.69) is 17.5 Å². The molecule has 1 rings (SSSR count). The summed E-state index contributed by atoms with van der Waals surface area (Å²) in [5, 5.41) is 0.768. The number of ether oxygens (including phenoxy) is 1. The molecule has 0 bridgehead atoms. The fourth-order valence-corrected chi connectivity index (χ4v) is 2.34. The summed E-state index contributed by atoms with van der Waals surface area (Å²) in [5.74, 6) is 1.59. The molecule has 1 aromatic carbocycles. The zero-order valence-corrected chi connectivity index (χ0v) is 11.8. The number of rotatable bonds is 4. The molecule has 0 aliphatic heterocycles. The van der Waals surface area contributed by atoms with Gasteiger partial charge in [-0.3, -0.25) is 0 Å². The molecule has 0 aromatic heterocycles. The number of hydrogen-bond acceptors (Lipinski definition) is 3. The molecule has 0 aliphatic rings. The molecule has 0 radical (unpaired) electrons. The Morgan fingerprint density at radius 3 is 2.50 bits per heavy atom. The molecule has 1 unspecified atom stereocenters. The minimum Gasteiger partial charge on any atom is -0.496 e. The van der Waals surface area contributed by atoms with E-state index in [9.17, 15) is 0 Å². The van der Waals surface area contributed by atoms with Crippen LogP contribution in [0.4, 0.5) is 0 Å². The summed E-state index contributed by atoms with van der Waals surface area (Å²) >= 11 is 10.5. The zero-order chi connectivity index (χ0) is 12.3. The molecule has 1 aromatic rings. The third-order valence-corrected chi connectivity index (χ3v) is 3.42. The molecule has 0 spiro atoms. The first-order chi connectivity index (χ1) is 7.51. The molecule has 4 heteroatoms. The second-order valence-electron chi connectivity index (χ2n) is 4.01. The molecular formula is C12H18ClNOS. The van der Waals surface area contributed by atoms with Crippen LogP contribution in [0.1, 0.15) is 17.2 Å². The maximum atomic E-state index is 6.15. The van der Waals surface area contributed by atoms with E-state index in [1.807, 2.05) is 33.2 Å². The molecule has 0 N–H and O–H groups in total. The highest BCUT2D eigenvalue weighted by atomic mass is 35.5. The van der Waals surface area contributed by atoms with Crippen LogP contribution >= 0.6 is 24.2 Å². The van der Waals surface area contributed by atoms with Crippen molar-refractivity contribution in [2.75, 3.05) is 27.0 Å². The summed E-state index contributed by atoms with van der Waals surface area (Å²) in [7, 11) is 5.72. The minimum absolute atomic E-state index is 0.205. The van der Waals surface area contributed by atoms with Gasteiger partial charge in [0, 0.05) is 22.4 Å². The Balaban J connectivity index is 3.24. The molecule has 0 amide bonds.